The third kappa shape index (κ3) is 2.75. The van der Waals surface area contributed by atoms with Crippen LogP contribution in [0.4, 0.5) is 5.69 Å². The Hall–Kier alpha value is -1.95. The van der Waals surface area contributed by atoms with E-state index in [1.54, 1.807) is 0 Å². The van der Waals surface area contributed by atoms with Gasteiger partial charge in [0.05, 0.1) is 17.1 Å². The number of rotatable bonds is 3. The fraction of sp³-hybridized carbons (Fsp3) is 0.222. The summed E-state index contributed by atoms with van der Waals surface area (Å²) in [5.74, 6) is -0.343. The Morgan fingerprint density at radius 2 is 2.27 bits per heavy atom. The molecule has 0 spiro atoms. The lowest BCUT2D eigenvalue weighted by atomic mass is 10.2. The van der Waals surface area contributed by atoms with Crippen molar-refractivity contribution in [3.8, 4) is 5.75 Å². The Kier molecular flexibility index (Phi) is 3.35. The maximum atomic E-state index is 10.6. The van der Waals surface area contributed by atoms with Crippen LogP contribution in [-0.2, 0) is 11.4 Å². The highest BCUT2D eigenvalue weighted by Crippen LogP contribution is 2.24. The van der Waals surface area contributed by atoms with Crippen LogP contribution < -0.4 is 4.74 Å². The number of nitrogens with zero attached hydrogens (tertiary/aromatic N) is 1. The highest BCUT2D eigenvalue weighted by atomic mass is 16.6. The normalized spacial score (nSPS) is 9.73. The van der Waals surface area contributed by atoms with Crippen molar-refractivity contribution in [2.24, 2.45) is 0 Å². The second-order valence-corrected chi connectivity index (χ2v) is 2.80. The first kappa shape index (κ1) is 11.1. The monoisotopic (exact) mass is 211 g/mol. The van der Waals surface area contributed by atoms with E-state index in [0.717, 1.165) is 0 Å². The first-order valence-corrected chi connectivity index (χ1v) is 4.11. The van der Waals surface area contributed by atoms with Gasteiger partial charge in [-0.1, -0.05) is 0 Å². The SMILES string of the molecule is CC(=O)Oc1ccc([N+](=O)[O-])c(CO)c1. The van der Waals surface area contributed by atoms with Gasteiger partial charge in [-0.3, -0.25) is 14.9 Å². The van der Waals surface area contributed by atoms with Crippen LogP contribution in [0.3, 0.4) is 0 Å². The Balaban J connectivity index is 3.07. The number of hydrogen-bond acceptors (Lipinski definition) is 5. The van der Waals surface area contributed by atoms with Crippen LogP contribution in [0.2, 0.25) is 0 Å². The van der Waals surface area contributed by atoms with Crippen LogP contribution in [0, 0.1) is 10.1 Å². The van der Waals surface area contributed by atoms with Crippen molar-refractivity contribution in [3.05, 3.63) is 33.9 Å². The number of nitro groups is 1. The number of ether oxygens (including phenoxy) is 1. The van der Waals surface area contributed by atoms with E-state index in [2.05, 4.69) is 0 Å². The van der Waals surface area contributed by atoms with Gasteiger partial charge in [0, 0.05) is 13.0 Å². The van der Waals surface area contributed by atoms with E-state index < -0.39 is 17.5 Å². The van der Waals surface area contributed by atoms with Gasteiger partial charge < -0.3 is 9.84 Å². The Morgan fingerprint density at radius 1 is 1.60 bits per heavy atom. The molecule has 0 atom stereocenters. The maximum absolute atomic E-state index is 10.6. The summed E-state index contributed by atoms with van der Waals surface area (Å²) in [5, 5.41) is 19.4. The molecule has 0 aliphatic rings. The topological polar surface area (TPSA) is 89.7 Å². The summed E-state index contributed by atoms with van der Waals surface area (Å²) >= 11 is 0. The lowest BCUT2D eigenvalue weighted by Crippen LogP contribution is -2.03. The minimum atomic E-state index is -0.608. The zero-order valence-electron chi connectivity index (χ0n) is 7.97. The number of aliphatic hydroxyl groups excluding tert-OH is 1. The molecule has 1 aromatic carbocycles. The molecule has 1 aromatic rings. The predicted octanol–water partition coefficient (Wildman–Crippen LogP) is 1.01. The van der Waals surface area contributed by atoms with E-state index in [-0.39, 0.29) is 17.0 Å². The summed E-state index contributed by atoms with van der Waals surface area (Å²) in [7, 11) is 0. The van der Waals surface area contributed by atoms with E-state index in [9.17, 15) is 14.9 Å². The Morgan fingerprint density at radius 3 is 2.73 bits per heavy atom. The molecule has 0 saturated heterocycles. The molecule has 0 fully saturated rings. The number of hydrogen-bond donors (Lipinski definition) is 1. The first-order chi connectivity index (χ1) is 7.04. The average Bonchev–Trinajstić information content (AvgIpc) is 2.16. The summed E-state index contributed by atoms with van der Waals surface area (Å²) in [6.07, 6.45) is 0. The van der Waals surface area contributed by atoms with Crippen LogP contribution in [0.1, 0.15) is 12.5 Å². The summed E-state index contributed by atoms with van der Waals surface area (Å²) in [6, 6.07) is 3.75. The molecule has 6 heteroatoms. The summed E-state index contributed by atoms with van der Waals surface area (Å²) in [4.78, 5) is 20.5. The lowest BCUT2D eigenvalue weighted by molar-refractivity contribution is -0.385. The van der Waals surface area contributed by atoms with E-state index >= 15 is 0 Å². The molecular weight excluding hydrogens is 202 g/mol. The number of benzene rings is 1. The molecule has 0 saturated carbocycles. The van der Waals surface area contributed by atoms with Crippen LogP contribution in [-0.4, -0.2) is 16.0 Å². The molecule has 0 radical (unpaired) electrons. The van der Waals surface area contributed by atoms with Crippen molar-refractivity contribution < 1.29 is 19.6 Å². The lowest BCUT2D eigenvalue weighted by Gasteiger charge is -2.03. The second-order valence-electron chi connectivity index (χ2n) is 2.80. The van der Waals surface area contributed by atoms with Gasteiger partial charge in [0.1, 0.15) is 5.75 Å². The number of aliphatic hydroxyl groups is 1. The van der Waals surface area contributed by atoms with E-state index in [4.69, 9.17) is 9.84 Å². The van der Waals surface area contributed by atoms with Gasteiger partial charge in [-0.2, -0.15) is 0 Å². The van der Waals surface area contributed by atoms with E-state index in [1.807, 2.05) is 0 Å². The Bertz CT molecular complexity index is 401. The molecule has 15 heavy (non-hydrogen) atoms. The molecule has 0 unspecified atom stereocenters. The molecule has 6 nitrogen and oxygen atoms in total. The van der Waals surface area contributed by atoms with Crippen molar-refractivity contribution in [2.45, 2.75) is 13.5 Å². The zero-order valence-corrected chi connectivity index (χ0v) is 7.97. The summed E-state index contributed by atoms with van der Waals surface area (Å²) in [5.41, 5.74) is -0.0906. The van der Waals surface area contributed by atoms with Crippen molar-refractivity contribution in [1.82, 2.24) is 0 Å². The third-order valence-corrected chi connectivity index (χ3v) is 1.68. The van der Waals surface area contributed by atoms with Gasteiger partial charge in [0.15, 0.2) is 0 Å². The van der Waals surface area contributed by atoms with E-state index in [1.165, 1.54) is 25.1 Å². The van der Waals surface area contributed by atoms with Gasteiger partial charge in [-0.05, 0) is 12.1 Å². The number of carbonyl (C=O) groups excluding carboxylic acids is 1. The van der Waals surface area contributed by atoms with E-state index in [0.29, 0.717) is 0 Å². The van der Waals surface area contributed by atoms with Crippen LogP contribution in [0.5, 0.6) is 5.75 Å². The van der Waals surface area contributed by atoms with Crippen LogP contribution in [0.25, 0.3) is 0 Å². The van der Waals surface area contributed by atoms with Gasteiger partial charge in [-0.15, -0.1) is 0 Å². The van der Waals surface area contributed by atoms with Crippen molar-refractivity contribution >= 4 is 11.7 Å². The van der Waals surface area contributed by atoms with Gasteiger partial charge in [-0.25, -0.2) is 0 Å². The van der Waals surface area contributed by atoms with Crippen molar-refractivity contribution in [3.63, 3.8) is 0 Å². The fourth-order valence-corrected chi connectivity index (χ4v) is 1.10. The predicted molar refractivity (Wildman–Crippen MR) is 50.3 cm³/mol. The number of carbonyl (C=O) groups is 1. The summed E-state index contributed by atoms with van der Waals surface area (Å²) in [6.45, 7) is 0.742. The Labute approximate surface area is 85.2 Å². The minimum Gasteiger partial charge on any atom is -0.427 e. The van der Waals surface area contributed by atoms with Crippen LogP contribution >= 0.6 is 0 Å². The maximum Gasteiger partial charge on any atom is 0.308 e. The fourth-order valence-electron chi connectivity index (χ4n) is 1.10. The molecule has 0 amide bonds. The standard InChI is InChI=1S/C9H9NO5/c1-6(12)15-8-2-3-9(10(13)14)7(4-8)5-11/h2-4,11H,5H2,1H3. The first-order valence-electron chi connectivity index (χ1n) is 4.11. The molecule has 1 rings (SSSR count). The van der Waals surface area contributed by atoms with Crippen molar-refractivity contribution in [1.29, 1.82) is 0 Å². The molecule has 0 bridgehead atoms. The molecule has 0 aliphatic heterocycles. The van der Waals surface area contributed by atoms with Crippen LogP contribution in [0.15, 0.2) is 18.2 Å². The highest BCUT2D eigenvalue weighted by Gasteiger charge is 2.14. The number of nitro benzene ring substituents is 1. The second kappa shape index (κ2) is 4.52. The highest BCUT2D eigenvalue weighted by molar-refractivity contribution is 5.69. The minimum absolute atomic E-state index is 0.110. The third-order valence-electron chi connectivity index (χ3n) is 1.68. The van der Waals surface area contributed by atoms with Gasteiger partial charge >= 0.3 is 5.97 Å². The molecule has 0 heterocycles. The average molecular weight is 211 g/mol. The number of esters is 1. The van der Waals surface area contributed by atoms with Crippen molar-refractivity contribution in [2.75, 3.05) is 0 Å². The smallest absolute Gasteiger partial charge is 0.308 e. The molecule has 80 valence electrons. The molecule has 0 aromatic heterocycles. The summed E-state index contributed by atoms with van der Waals surface area (Å²) < 4.78 is 4.72. The zero-order chi connectivity index (χ0) is 11.4. The molecular formula is C9H9NO5. The van der Waals surface area contributed by atoms with Gasteiger partial charge in [0.25, 0.3) is 5.69 Å². The van der Waals surface area contributed by atoms with Gasteiger partial charge in [0.2, 0.25) is 0 Å². The largest absolute Gasteiger partial charge is 0.427 e. The quantitative estimate of drug-likeness (QED) is 0.349. The molecule has 0 aliphatic carbocycles. The molecule has 1 N–H and O–H groups in total.